The first-order valence-electron chi connectivity index (χ1n) is 6.32. The number of ether oxygens (including phenoxy) is 2. The highest BCUT2D eigenvalue weighted by Crippen LogP contribution is 1.97. The highest BCUT2D eigenvalue weighted by Gasteiger charge is 2.09. The number of hydrogen-bond donors (Lipinski definition) is 1. The van der Waals surface area contributed by atoms with Crippen LogP contribution in [0.15, 0.2) is 0 Å². The Kier molecular flexibility index (Phi) is 7.76. The lowest BCUT2D eigenvalue weighted by molar-refractivity contribution is 0.0374. The van der Waals surface area contributed by atoms with Crippen LogP contribution in [0, 0.1) is 5.92 Å². The lowest BCUT2D eigenvalue weighted by Gasteiger charge is -2.26. The summed E-state index contributed by atoms with van der Waals surface area (Å²) in [5.41, 5.74) is 0. The summed E-state index contributed by atoms with van der Waals surface area (Å²) in [4.78, 5) is 2.48. The van der Waals surface area contributed by atoms with Crippen molar-refractivity contribution in [1.29, 1.82) is 0 Å². The molecule has 0 aromatic carbocycles. The summed E-state index contributed by atoms with van der Waals surface area (Å²) in [5, 5.41) is 3.47. The average molecular weight is 230 g/mol. The Morgan fingerprint density at radius 1 is 1.38 bits per heavy atom. The molecular weight excluding hydrogens is 204 g/mol. The van der Waals surface area contributed by atoms with E-state index in [1.165, 1.54) is 13.0 Å². The molecule has 0 aromatic heterocycles. The Bertz CT molecular complexity index is 161. The molecule has 1 N–H and O–H groups in total. The molecule has 4 heteroatoms. The van der Waals surface area contributed by atoms with Gasteiger partial charge in [0, 0.05) is 26.8 Å². The van der Waals surface area contributed by atoms with Crippen LogP contribution in [0.2, 0.25) is 0 Å². The fourth-order valence-electron chi connectivity index (χ4n) is 1.94. The molecule has 16 heavy (non-hydrogen) atoms. The van der Waals surface area contributed by atoms with Gasteiger partial charge in [0.2, 0.25) is 0 Å². The third kappa shape index (κ3) is 6.43. The van der Waals surface area contributed by atoms with E-state index in [1.807, 2.05) is 0 Å². The van der Waals surface area contributed by atoms with E-state index in [1.54, 1.807) is 7.11 Å². The van der Waals surface area contributed by atoms with Crippen LogP contribution in [-0.2, 0) is 9.47 Å². The van der Waals surface area contributed by atoms with E-state index in [0.717, 1.165) is 46.0 Å². The van der Waals surface area contributed by atoms with Crippen molar-refractivity contribution < 1.29 is 9.47 Å². The second-order valence-electron chi connectivity index (χ2n) is 4.57. The van der Waals surface area contributed by atoms with Crippen LogP contribution < -0.4 is 5.32 Å². The molecule has 0 aromatic rings. The highest BCUT2D eigenvalue weighted by atomic mass is 16.5. The molecule has 1 fully saturated rings. The van der Waals surface area contributed by atoms with Gasteiger partial charge in [-0.2, -0.15) is 0 Å². The van der Waals surface area contributed by atoms with Crippen molar-refractivity contribution in [2.24, 2.45) is 5.92 Å². The van der Waals surface area contributed by atoms with Crippen molar-refractivity contribution in [3.63, 3.8) is 0 Å². The number of methoxy groups -OCH3 is 1. The summed E-state index contributed by atoms with van der Waals surface area (Å²) >= 11 is 0. The molecule has 1 saturated heterocycles. The number of nitrogens with one attached hydrogen (secondary N) is 1. The first-order chi connectivity index (χ1) is 7.83. The van der Waals surface area contributed by atoms with Gasteiger partial charge in [0.15, 0.2) is 0 Å². The minimum atomic E-state index is 0.605. The fraction of sp³-hybridized carbons (Fsp3) is 1.00. The van der Waals surface area contributed by atoms with Crippen LogP contribution in [0.3, 0.4) is 0 Å². The van der Waals surface area contributed by atoms with Gasteiger partial charge in [-0.3, -0.25) is 4.90 Å². The van der Waals surface area contributed by atoms with Gasteiger partial charge in [-0.1, -0.05) is 6.92 Å². The van der Waals surface area contributed by atoms with Gasteiger partial charge in [-0.05, 0) is 32.0 Å². The van der Waals surface area contributed by atoms with Gasteiger partial charge in [0.1, 0.15) is 0 Å². The predicted octanol–water partition coefficient (Wildman–Crippen LogP) is 0.581. The summed E-state index contributed by atoms with van der Waals surface area (Å²) in [5.74, 6) is 0.605. The minimum Gasteiger partial charge on any atom is -0.384 e. The van der Waals surface area contributed by atoms with E-state index in [2.05, 4.69) is 17.1 Å². The van der Waals surface area contributed by atoms with Crippen molar-refractivity contribution >= 4 is 0 Å². The van der Waals surface area contributed by atoms with Crippen LogP contribution in [-0.4, -0.2) is 64.6 Å². The van der Waals surface area contributed by atoms with Crippen molar-refractivity contribution in [3.05, 3.63) is 0 Å². The molecule has 0 bridgehead atoms. The number of morpholine rings is 1. The number of hydrogen-bond acceptors (Lipinski definition) is 4. The van der Waals surface area contributed by atoms with Crippen molar-refractivity contribution in [1.82, 2.24) is 10.2 Å². The normalized spacial score (nSPS) is 19.9. The van der Waals surface area contributed by atoms with Gasteiger partial charge in [0.05, 0.1) is 13.2 Å². The van der Waals surface area contributed by atoms with E-state index < -0.39 is 0 Å². The third-order valence-electron chi connectivity index (χ3n) is 2.88. The standard InChI is InChI=1S/C12H26N2O2/c1-12(11-15-2)10-13-4-3-5-14-6-8-16-9-7-14/h12-13H,3-11H2,1-2H3. The Balaban J connectivity index is 1.87. The molecule has 1 unspecified atom stereocenters. The van der Waals surface area contributed by atoms with Crippen LogP contribution in [0.4, 0.5) is 0 Å². The van der Waals surface area contributed by atoms with Crippen LogP contribution in [0.25, 0.3) is 0 Å². The van der Waals surface area contributed by atoms with E-state index in [9.17, 15) is 0 Å². The zero-order valence-corrected chi connectivity index (χ0v) is 10.7. The Hall–Kier alpha value is -0.160. The Morgan fingerprint density at radius 3 is 2.81 bits per heavy atom. The fourth-order valence-corrected chi connectivity index (χ4v) is 1.94. The van der Waals surface area contributed by atoms with Gasteiger partial charge in [-0.25, -0.2) is 0 Å². The quantitative estimate of drug-likeness (QED) is 0.619. The molecule has 1 atom stereocenters. The van der Waals surface area contributed by atoms with Gasteiger partial charge < -0.3 is 14.8 Å². The van der Waals surface area contributed by atoms with Crippen molar-refractivity contribution in [2.45, 2.75) is 13.3 Å². The molecule has 1 aliphatic rings. The first-order valence-corrected chi connectivity index (χ1v) is 6.32. The Morgan fingerprint density at radius 2 is 2.12 bits per heavy atom. The SMILES string of the molecule is COCC(C)CNCCCN1CCOCC1. The third-order valence-corrected chi connectivity index (χ3v) is 2.88. The lowest BCUT2D eigenvalue weighted by Crippen LogP contribution is -2.38. The largest absolute Gasteiger partial charge is 0.384 e. The summed E-state index contributed by atoms with van der Waals surface area (Å²) in [6, 6.07) is 0. The summed E-state index contributed by atoms with van der Waals surface area (Å²) in [6.45, 7) is 10.4. The molecule has 96 valence electrons. The van der Waals surface area contributed by atoms with Crippen molar-refractivity contribution in [3.8, 4) is 0 Å². The summed E-state index contributed by atoms with van der Waals surface area (Å²) < 4.78 is 10.4. The molecule has 1 aliphatic heterocycles. The minimum absolute atomic E-state index is 0.605. The van der Waals surface area contributed by atoms with E-state index in [0.29, 0.717) is 5.92 Å². The van der Waals surface area contributed by atoms with Gasteiger partial charge in [0.25, 0.3) is 0 Å². The molecule has 1 rings (SSSR count). The zero-order chi connectivity index (χ0) is 11.6. The van der Waals surface area contributed by atoms with E-state index in [-0.39, 0.29) is 0 Å². The second kappa shape index (κ2) is 8.93. The second-order valence-corrected chi connectivity index (χ2v) is 4.57. The zero-order valence-electron chi connectivity index (χ0n) is 10.7. The molecule has 4 nitrogen and oxygen atoms in total. The molecule has 0 aliphatic carbocycles. The van der Waals surface area contributed by atoms with E-state index >= 15 is 0 Å². The Labute approximate surface area is 99.3 Å². The molecule has 0 radical (unpaired) electrons. The first kappa shape index (κ1) is 13.9. The van der Waals surface area contributed by atoms with E-state index in [4.69, 9.17) is 9.47 Å². The molecule has 0 amide bonds. The maximum atomic E-state index is 5.31. The lowest BCUT2D eigenvalue weighted by atomic mass is 10.2. The number of rotatable bonds is 8. The van der Waals surface area contributed by atoms with Crippen LogP contribution >= 0.6 is 0 Å². The van der Waals surface area contributed by atoms with Crippen LogP contribution in [0.1, 0.15) is 13.3 Å². The van der Waals surface area contributed by atoms with Crippen LogP contribution in [0.5, 0.6) is 0 Å². The molecule has 0 saturated carbocycles. The smallest absolute Gasteiger partial charge is 0.0594 e. The summed E-state index contributed by atoms with van der Waals surface area (Å²) in [7, 11) is 1.76. The maximum Gasteiger partial charge on any atom is 0.0594 e. The van der Waals surface area contributed by atoms with Crippen molar-refractivity contribution in [2.75, 3.05) is 59.7 Å². The molecule has 0 spiro atoms. The predicted molar refractivity (Wildman–Crippen MR) is 65.8 cm³/mol. The molecular formula is C12H26N2O2. The highest BCUT2D eigenvalue weighted by molar-refractivity contribution is 4.63. The van der Waals surface area contributed by atoms with Gasteiger partial charge in [-0.15, -0.1) is 0 Å². The monoisotopic (exact) mass is 230 g/mol. The molecule has 1 heterocycles. The maximum absolute atomic E-state index is 5.31. The van der Waals surface area contributed by atoms with Gasteiger partial charge >= 0.3 is 0 Å². The topological polar surface area (TPSA) is 33.7 Å². The average Bonchev–Trinajstić information content (AvgIpc) is 2.30. The summed E-state index contributed by atoms with van der Waals surface area (Å²) in [6.07, 6.45) is 1.22. The number of nitrogens with zero attached hydrogens (tertiary/aromatic N) is 1.